The standard InChI is InChI=1S/C23H24N2O7/c26-19-10-25(11-20(19)27)22(30)18(9-21(28)29)24-23(31)32-12-17-15-7-3-1-5-13(15)14-6-2-4-8-16(14)17/h1-8,17-20,26-27H,9-12H2,(H,24,31)(H,28,29). The Kier molecular flexibility index (Phi) is 6.11. The number of likely N-dealkylation sites (tertiary alicyclic amines) is 1. The van der Waals surface area contributed by atoms with Gasteiger partial charge in [0.05, 0.1) is 18.6 Å². The summed E-state index contributed by atoms with van der Waals surface area (Å²) in [7, 11) is 0. The molecule has 1 fully saturated rings. The third kappa shape index (κ3) is 4.30. The second kappa shape index (κ2) is 8.97. The number of carboxylic acids is 1. The average Bonchev–Trinajstić information content (AvgIpc) is 3.28. The van der Waals surface area contributed by atoms with E-state index in [0.29, 0.717) is 0 Å². The summed E-state index contributed by atoms with van der Waals surface area (Å²) in [5.41, 5.74) is 4.20. The van der Waals surface area contributed by atoms with Gasteiger partial charge < -0.3 is 30.3 Å². The van der Waals surface area contributed by atoms with E-state index in [1.807, 2.05) is 48.5 Å². The topological polar surface area (TPSA) is 136 Å². The predicted molar refractivity (Wildman–Crippen MR) is 113 cm³/mol. The van der Waals surface area contributed by atoms with Crippen LogP contribution in [0.2, 0.25) is 0 Å². The number of benzene rings is 2. The predicted octanol–water partition coefficient (Wildman–Crippen LogP) is 0.932. The van der Waals surface area contributed by atoms with E-state index in [1.165, 1.54) is 0 Å². The fourth-order valence-corrected chi connectivity index (χ4v) is 4.33. The Hall–Kier alpha value is -3.43. The molecule has 2 amide bonds. The first-order chi connectivity index (χ1) is 15.3. The van der Waals surface area contributed by atoms with Crippen LogP contribution in [0.5, 0.6) is 0 Å². The van der Waals surface area contributed by atoms with E-state index in [2.05, 4.69) is 5.32 Å². The van der Waals surface area contributed by atoms with Crippen LogP contribution in [0.15, 0.2) is 48.5 Å². The third-order valence-electron chi connectivity index (χ3n) is 5.88. The molecule has 9 nitrogen and oxygen atoms in total. The number of rotatable bonds is 6. The van der Waals surface area contributed by atoms with Crippen molar-refractivity contribution in [2.24, 2.45) is 0 Å². The fourth-order valence-electron chi connectivity index (χ4n) is 4.33. The van der Waals surface area contributed by atoms with Gasteiger partial charge in [0.25, 0.3) is 0 Å². The Bertz CT molecular complexity index is 985. The van der Waals surface area contributed by atoms with Crippen LogP contribution in [0.1, 0.15) is 23.5 Å². The number of aliphatic carboxylic acids is 1. The van der Waals surface area contributed by atoms with Crippen molar-refractivity contribution in [2.75, 3.05) is 19.7 Å². The maximum atomic E-state index is 12.7. The number of carboxylic acid groups (broad SMARTS) is 1. The summed E-state index contributed by atoms with van der Waals surface area (Å²) in [4.78, 5) is 37.5. The van der Waals surface area contributed by atoms with Gasteiger partial charge in [-0.15, -0.1) is 0 Å². The van der Waals surface area contributed by atoms with Gasteiger partial charge in [-0.1, -0.05) is 48.5 Å². The van der Waals surface area contributed by atoms with Gasteiger partial charge in [-0.3, -0.25) is 9.59 Å². The molecule has 2 aromatic rings. The van der Waals surface area contributed by atoms with Gasteiger partial charge in [-0.2, -0.15) is 0 Å². The van der Waals surface area contributed by atoms with Crippen molar-refractivity contribution >= 4 is 18.0 Å². The molecular formula is C23H24N2O7. The zero-order chi connectivity index (χ0) is 22.8. The Morgan fingerprint density at radius 3 is 2.03 bits per heavy atom. The highest BCUT2D eigenvalue weighted by Crippen LogP contribution is 2.44. The molecule has 0 radical (unpaired) electrons. The van der Waals surface area contributed by atoms with Crippen LogP contribution in [0.3, 0.4) is 0 Å². The highest BCUT2D eigenvalue weighted by molar-refractivity contribution is 5.89. The molecule has 0 spiro atoms. The van der Waals surface area contributed by atoms with E-state index in [9.17, 15) is 24.6 Å². The second-order valence-corrected chi connectivity index (χ2v) is 8.00. The molecule has 1 heterocycles. The Morgan fingerprint density at radius 2 is 1.50 bits per heavy atom. The first kappa shape index (κ1) is 21.8. The largest absolute Gasteiger partial charge is 0.481 e. The van der Waals surface area contributed by atoms with Crippen molar-refractivity contribution in [2.45, 2.75) is 30.6 Å². The molecule has 1 aliphatic heterocycles. The SMILES string of the molecule is O=C(O)CC(NC(=O)OCC1c2ccccc2-c2ccccc21)C(=O)N1CC(O)C(O)C1. The highest BCUT2D eigenvalue weighted by atomic mass is 16.5. The van der Waals surface area contributed by atoms with Gasteiger partial charge in [0.2, 0.25) is 5.91 Å². The monoisotopic (exact) mass is 440 g/mol. The fraction of sp³-hybridized carbons (Fsp3) is 0.348. The molecule has 3 unspecified atom stereocenters. The highest BCUT2D eigenvalue weighted by Gasteiger charge is 2.37. The molecular weight excluding hydrogens is 416 g/mol. The van der Waals surface area contributed by atoms with Crippen LogP contribution in [-0.2, 0) is 14.3 Å². The molecule has 9 heteroatoms. The molecule has 1 aliphatic carbocycles. The van der Waals surface area contributed by atoms with E-state index in [-0.39, 0.29) is 25.6 Å². The van der Waals surface area contributed by atoms with Crippen molar-refractivity contribution in [1.82, 2.24) is 10.2 Å². The minimum atomic E-state index is -1.37. The number of nitrogens with one attached hydrogen (secondary N) is 1. The lowest BCUT2D eigenvalue weighted by molar-refractivity contribution is -0.142. The quantitative estimate of drug-likeness (QED) is 0.525. The molecule has 3 atom stereocenters. The lowest BCUT2D eigenvalue weighted by atomic mass is 9.98. The van der Waals surface area contributed by atoms with Gasteiger partial charge in [0, 0.05) is 19.0 Å². The molecule has 2 aliphatic rings. The molecule has 168 valence electrons. The summed E-state index contributed by atoms with van der Waals surface area (Å²) < 4.78 is 5.39. The third-order valence-corrected chi connectivity index (χ3v) is 5.88. The molecule has 4 N–H and O–H groups in total. The number of ether oxygens (including phenoxy) is 1. The number of fused-ring (bicyclic) bond motifs is 3. The summed E-state index contributed by atoms with van der Waals surface area (Å²) in [5, 5.41) is 30.8. The number of amides is 2. The summed E-state index contributed by atoms with van der Waals surface area (Å²) in [6, 6.07) is 14.3. The summed E-state index contributed by atoms with van der Waals surface area (Å²) in [5.74, 6) is -2.15. The van der Waals surface area contributed by atoms with E-state index >= 15 is 0 Å². The van der Waals surface area contributed by atoms with Crippen molar-refractivity contribution in [3.8, 4) is 11.1 Å². The van der Waals surface area contributed by atoms with Crippen molar-refractivity contribution in [3.05, 3.63) is 59.7 Å². The number of alkyl carbamates (subject to hydrolysis) is 1. The minimum Gasteiger partial charge on any atom is -0.481 e. The molecule has 1 saturated heterocycles. The summed E-state index contributed by atoms with van der Waals surface area (Å²) in [6.45, 7) is -0.250. The lowest BCUT2D eigenvalue weighted by Gasteiger charge is -2.23. The van der Waals surface area contributed by atoms with Crippen LogP contribution < -0.4 is 5.32 Å². The van der Waals surface area contributed by atoms with Crippen LogP contribution in [0.4, 0.5) is 4.79 Å². The molecule has 2 aromatic carbocycles. The number of nitrogens with zero attached hydrogens (tertiary/aromatic N) is 1. The van der Waals surface area contributed by atoms with Crippen LogP contribution in [0, 0.1) is 0 Å². The zero-order valence-electron chi connectivity index (χ0n) is 17.2. The number of carbonyl (C=O) groups excluding carboxylic acids is 2. The van der Waals surface area contributed by atoms with Gasteiger partial charge in [0.1, 0.15) is 12.6 Å². The van der Waals surface area contributed by atoms with E-state index < -0.39 is 42.6 Å². The maximum Gasteiger partial charge on any atom is 0.407 e. The van der Waals surface area contributed by atoms with Gasteiger partial charge in [0.15, 0.2) is 0 Å². The normalized spacial score (nSPS) is 20.4. The van der Waals surface area contributed by atoms with E-state index in [4.69, 9.17) is 9.84 Å². The first-order valence-electron chi connectivity index (χ1n) is 10.3. The van der Waals surface area contributed by atoms with Gasteiger partial charge in [-0.25, -0.2) is 4.79 Å². The molecule has 4 rings (SSSR count). The number of hydrogen-bond donors (Lipinski definition) is 4. The molecule has 0 saturated carbocycles. The van der Waals surface area contributed by atoms with Gasteiger partial charge in [-0.05, 0) is 22.3 Å². The maximum absolute atomic E-state index is 12.7. The number of carbonyl (C=O) groups is 3. The van der Waals surface area contributed by atoms with Crippen molar-refractivity contribution in [3.63, 3.8) is 0 Å². The second-order valence-electron chi connectivity index (χ2n) is 8.00. The molecule has 0 bridgehead atoms. The number of aliphatic hydroxyl groups excluding tert-OH is 2. The van der Waals surface area contributed by atoms with E-state index in [1.54, 1.807) is 0 Å². The Balaban J connectivity index is 1.43. The van der Waals surface area contributed by atoms with E-state index in [0.717, 1.165) is 27.2 Å². The molecule has 32 heavy (non-hydrogen) atoms. The minimum absolute atomic E-state index is 0.0228. The molecule has 0 aromatic heterocycles. The number of hydrogen-bond acceptors (Lipinski definition) is 6. The van der Waals surface area contributed by atoms with Crippen LogP contribution >= 0.6 is 0 Å². The van der Waals surface area contributed by atoms with Crippen LogP contribution in [0.25, 0.3) is 11.1 Å². The average molecular weight is 440 g/mol. The number of aliphatic hydroxyl groups is 2. The summed E-state index contributed by atoms with van der Waals surface area (Å²) >= 11 is 0. The Labute approximate surface area is 184 Å². The van der Waals surface area contributed by atoms with Gasteiger partial charge >= 0.3 is 12.1 Å². The first-order valence-corrected chi connectivity index (χ1v) is 10.3. The smallest absolute Gasteiger partial charge is 0.407 e. The zero-order valence-corrected chi connectivity index (χ0v) is 17.2. The summed E-state index contributed by atoms with van der Waals surface area (Å²) in [6.07, 6.45) is -3.78. The van der Waals surface area contributed by atoms with Crippen LogP contribution in [-0.4, -0.2) is 76.1 Å². The Morgan fingerprint density at radius 1 is 0.969 bits per heavy atom. The van der Waals surface area contributed by atoms with Crippen molar-refractivity contribution in [1.29, 1.82) is 0 Å². The number of β-amino-alcohol motifs (C(OH)–C–C–N with tert-alkyl or cyclic N) is 2. The lowest BCUT2D eigenvalue weighted by Crippen LogP contribution is -2.49. The van der Waals surface area contributed by atoms with Crippen molar-refractivity contribution < 1.29 is 34.4 Å².